The van der Waals surface area contributed by atoms with E-state index in [1.807, 2.05) is 50.2 Å². The summed E-state index contributed by atoms with van der Waals surface area (Å²) in [6, 6.07) is 17.9. The molecule has 3 rings (SSSR count). The van der Waals surface area contributed by atoms with Gasteiger partial charge in [-0.25, -0.2) is 4.98 Å². The highest BCUT2D eigenvalue weighted by atomic mass is 16.1. The average Bonchev–Trinajstić information content (AvgIpc) is 2.66. The van der Waals surface area contributed by atoms with Gasteiger partial charge in [-0.15, -0.1) is 0 Å². The number of anilines is 3. The molecule has 0 aliphatic carbocycles. The van der Waals surface area contributed by atoms with Crippen molar-refractivity contribution in [1.82, 2.24) is 4.98 Å². The minimum atomic E-state index is -0.126. The van der Waals surface area contributed by atoms with E-state index in [9.17, 15) is 4.79 Å². The number of rotatable bonds is 5. The number of nitrogens with one attached hydrogen (secondary N) is 1. The highest BCUT2D eigenvalue weighted by molar-refractivity contribution is 6.04. The van der Waals surface area contributed by atoms with E-state index < -0.39 is 0 Å². The highest BCUT2D eigenvalue weighted by Gasteiger charge is 2.11. The molecule has 0 fully saturated rings. The van der Waals surface area contributed by atoms with Crippen LogP contribution in [0.2, 0.25) is 0 Å². The lowest BCUT2D eigenvalue weighted by atomic mass is 10.1. The lowest BCUT2D eigenvalue weighted by Gasteiger charge is -2.22. The first-order chi connectivity index (χ1) is 13.0. The first-order valence-electron chi connectivity index (χ1n) is 9.17. The molecule has 2 aromatic carbocycles. The molecule has 4 heteroatoms. The van der Waals surface area contributed by atoms with Crippen LogP contribution in [0.3, 0.4) is 0 Å². The molecule has 0 unspecified atom stereocenters. The van der Waals surface area contributed by atoms with Gasteiger partial charge in [0.25, 0.3) is 5.91 Å². The normalized spacial score (nSPS) is 10.5. The number of hydrogen-bond donors (Lipinski definition) is 1. The number of aromatic nitrogens is 1. The van der Waals surface area contributed by atoms with E-state index in [1.54, 1.807) is 6.20 Å². The van der Waals surface area contributed by atoms with Crippen LogP contribution in [-0.4, -0.2) is 17.4 Å². The van der Waals surface area contributed by atoms with Crippen LogP contribution in [0.5, 0.6) is 0 Å². The third kappa shape index (κ3) is 4.34. The lowest BCUT2D eigenvalue weighted by molar-refractivity contribution is 0.102. The molecule has 0 spiro atoms. The zero-order valence-corrected chi connectivity index (χ0v) is 16.3. The molecule has 0 aliphatic rings. The van der Waals surface area contributed by atoms with Crippen LogP contribution >= 0.6 is 0 Å². The van der Waals surface area contributed by atoms with Crippen molar-refractivity contribution in [2.75, 3.05) is 16.8 Å². The number of amides is 1. The Morgan fingerprint density at radius 3 is 2.44 bits per heavy atom. The molecular weight excluding hydrogens is 334 g/mol. The zero-order chi connectivity index (χ0) is 19.4. The van der Waals surface area contributed by atoms with Crippen molar-refractivity contribution in [2.45, 2.75) is 27.7 Å². The third-order valence-corrected chi connectivity index (χ3v) is 4.68. The summed E-state index contributed by atoms with van der Waals surface area (Å²) in [6.07, 6.45) is 1.70. The fourth-order valence-corrected chi connectivity index (χ4v) is 2.98. The number of pyridine rings is 1. The Balaban J connectivity index is 1.76. The summed E-state index contributed by atoms with van der Waals surface area (Å²) in [6.45, 7) is 9.03. The molecule has 0 saturated carbocycles. The van der Waals surface area contributed by atoms with E-state index in [0.717, 1.165) is 23.6 Å². The molecule has 27 heavy (non-hydrogen) atoms. The van der Waals surface area contributed by atoms with Crippen molar-refractivity contribution in [1.29, 1.82) is 0 Å². The van der Waals surface area contributed by atoms with E-state index in [4.69, 9.17) is 0 Å². The molecule has 0 radical (unpaired) electrons. The van der Waals surface area contributed by atoms with Crippen molar-refractivity contribution < 1.29 is 4.79 Å². The van der Waals surface area contributed by atoms with E-state index in [1.165, 1.54) is 11.1 Å². The number of aryl methyl sites for hydroxylation is 3. The van der Waals surface area contributed by atoms with Crippen LogP contribution < -0.4 is 10.2 Å². The monoisotopic (exact) mass is 359 g/mol. The van der Waals surface area contributed by atoms with Crippen LogP contribution in [0.25, 0.3) is 0 Å². The summed E-state index contributed by atoms with van der Waals surface area (Å²) in [5.74, 6) is 0.728. The van der Waals surface area contributed by atoms with E-state index >= 15 is 0 Å². The zero-order valence-electron chi connectivity index (χ0n) is 16.3. The first kappa shape index (κ1) is 18.6. The minimum absolute atomic E-state index is 0.126. The Hall–Kier alpha value is -3.14. The van der Waals surface area contributed by atoms with Gasteiger partial charge in [0.1, 0.15) is 5.82 Å². The third-order valence-electron chi connectivity index (χ3n) is 4.68. The van der Waals surface area contributed by atoms with Crippen molar-refractivity contribution in [2.24, 2.45) is 0 Å². The molecule has 138 valence electrons. The first-order valence-corrected chi connectivity index (χ1v) is 9.17. The Kier molecular flexibility index (Phi) is 5.55. The number of hydrogen-bond acceptors (Lipinski definition) is 3. The molecule has 1 heterocycles. The molecule has 0 bridgehead atoms. The quantitative estimate of drug-likeness (QED) is 0.662. The van der Waals surface area contributed by atoms with E-state index in [2.05, 4.69) is 47.2 Å². The average molecular weight is 359 g/mol. The van der Waals surface area contributed by atoms with Crippen LogP contribution in [-0.2, 0) is 0 Å². The molecule has 4 nitrogen and oxygen atoms in total. The van der Waals surface area contributed by atoms with Gasteiger partial charge >= 0.3 is 0 Å². The maximum absolute atomic E-state index is 12.5. The fourth-order valence-electron chi connectivity index (χ4n) is 2.98. The maximum atomic E-state index is 12.5. The molecular formula is C23H25N3O. The topological polar surface area (TPSA) is 45.2 Å². The minimum Gasteiger partial charge on any atom is -0.327 e. The van der Waals surface area contributed by atoms with Crippen LogP contribution in [0.15, 0.2) is 60.8 Å². The second-order valence-corrected chi connectivity index (χ2v) is 6.74. The number of carbonyl (C=O) groups excluding carboxylic acids is 1. The summed E-state index contributed by atoms with van der Waals surface area (Å²) in [5.41, 5.74) is 5.93. The number of carbonyl (C=O) groups is 1. The van der Waals surface area contributed by atoms with E-state index in [-0.39, 0.29) is 5.91 Å². The van der Waals surface area contributed by atoms with Gasteiger partial charge in [0.2, 0.25) is 0 Å². The van der Waals surface area contributed by atoms with Crippen molar-refractivity contribution in [3.05, 3.63) is 83.0 Å². The van der Waals surface area contributed by atoms with Gasteiger partial charge < -0.3 is 10.2 Å². The predicted octanol–water partition coefficient (Wildman–Crippen LogP) is 5.42. The molecule has 0 aliphatic heterocycles. The molecule has 3 aromatic rings. The second-order valence-electron chi connectivity index (χ2n) is 6.74. The molecule has 1 N–H and O–H groups in total. The van der Waals surface area contributed by atoms with Crippen LogP contribution in [0, 0.1) is 20.8 Å². The molecule has 1 amide bonds. The number of benzene rings is 2. The number of nitrogens with zero attached hydrogens (tertiary/aromatic N) is 2. The second kappa shape index (κ2) is 8.04. The maximum Gasteiger partial charge on any atom is 0.255 e. The summed E-state index contributed by atoms with van der Waals surface area (Å²) in [4.78, 5) is 19.1. The Morgan fingerprint density at radius 1 is 1.00 bits per heavy atom. The lowest BCUT2D eigenvalue weighted by Crippen LogP contribution is -2.18. The summed E-state index contributed by atoms with van der Waals surface area (Å²) in [7, 11) is 0. The summed E-state index contributed by atoms with van der Waals surface area (Å²) >= 11 is 0. The summed E-state index contributed by atoms with van der Waals surface area (Å²) < 4.78 is 0. The predicted molar refractivity (Wildman–Crippen MR) is 112 cm³/mol. The Morgan fingerprint density at radius 2 is 1.81 bits per heavy atom. The smallest absolute Gasteiger partial charge is 0.255 e. The van der Waals surface area contributed by atoms with Gasteiger partial charge in [-0.05, 0) is 80.8 Å². The van der Waals surface area contributed by atoms with Gasteiger partial charge in [-0.2, -0.15) is 0 Å². The van der Waals surface area contributed by atoms with Crippen LogP contribution in [0.1, 0.15) is 34.0 Å². The van der Waals surface area contributed by atoms with Crippen molar-refractivity contribution in [3.8, 4) is 0 Å². The van der Waals surface area contributed by atoms with Gasteiger partial charge in [0.15, 0.2) is 0 Å². The Bertz CT molecular complexity index is 948. The van der Waals surface area contributed by atoms with Crippen molar-refractivity contribution >= 4 is 23.1 Å². The van der Waals surface area contributed by atoms with Gasteiger partial charge in [-0.3, -0.25) is 4.79 Å². The van der Waals surface area contributed by atoms with Crippen LogP contribution in [0.4, 0.5) is 17.2 Å². The van der Waals surface area contributed by atoms with E-state index in [0.29, 0.717) is 11.3 Å². The fraction of sp³-hybridized carbons (Fsp3) is 0.217. The van der Waals surface area contributed by atoms with Gasteiger partial charge in [0.05, 0.1) is 11.9 Å². The molecule has 0 atom stereocenters. The highest BCUT2D eigenvalue weighted by Crippen LogP contribution is 2.25. The van der Waals surface area contributed by atoms with Crippen molar-refractivity contribution in [3.63, 3.8) is 0 Å². The summed E-state index contributed by atoms with van der Waals surface area (Å²) in [5, 5.41) is 2.92. The molecule has 1 aromatic heterocycles. The van der Waals surface area contributed by atoms with Gasteiger partial charge in [-0.1, -0.05) is 18.2 Å². The van der Waals surface area contributed by atoms with Gasteiger partial charge in [0, 0.05) is 17.8 Å². The SMILES string of the molecule is CCN(c1cccc(C)c1)c1ccc(NC(=O)c2ccc(C)c(C)c2)cn1. The molecule has 0 saturated heterocycles. The largest absolute Gasteiger partial charge is 0.327 e. The standard InChI is InChI=1S/C23H25N3O/c1-5-26(21-8-6-7-16(2)13-21)22-12-11-20(15-24-22)25-23(27)19-10-9-17(3)18(4)14-19/h6-15H,5H2,1-4H3,(H,25,27). The Labute approximate surface area is 160 Å².